The van der Waals surface area contributed by atoms with E-state index in [1.807, 2.05) is 0 Å². The Morgan fingerprint density at radius 2 is 1.84 bits per heavy atom. The number of benzene rings is 1. The normalized spacial score (nSPS) is 12.9. The minimum absolute atomic E-state index is 0.0386. The van der Waals surface area contributed by atoms with Crippen molar-refractivity contribution in [2.75, 3.05) is 6.61 Å². The van der Waals surface area contributed by atoms with Gasteiger partial charge in [0.05, 0.1) is 11.5 Å². The van der Waals surface area contributed by atoms with Gasteiger partial charge in [0.1, 0.15) is 11.6 Å². The Balaban J connectivity index is 2.47. The van der Waals surface area contributed by atoms with Crippen molar-refractivity contribution in [2.24, 2.45) is 0 Å². The summed E-state index contributed by atoms with van der Waals surface area (Å²) in [5.74, 6) is -1.20. The molecule has 166 valence electrons. The first-order valence-corrected chi connectivity index (χ1v) is 9.59. The number of nitro groups is 1. The summed E-state index contributed by atoms with van der Waals surface area (Å²) in [6.45, 7) is 6.73. The van der Waals surface area contributed by atoms with Crippen LogP contribution in [0.4, 0.5) is 10.5 Å². The zero-order chi connectivity index (χ0) is 23.0. The lowest BCUT2D eigenvalue weighted by atomic mass is 10.0. The highest BCUT2D eigenvalue weighted by Crippen LogP contribution is 2.28. The van der Waals surface area contributed by atoms with Crippen LogP contribution in [0.25, 0.3) is 0 Å². The molecule has 2 aromatic rings. The topological polar surface area (TPSA) is 130 Å². The van der Waals surface area contributed by atoms with Crippen LogP contribution in [0.5, 0.6) is 5.88 Å². The minimum Gasteiger partial charge on any atom is -0.463 e. The second-order valence-corrected chi connectivity index (χ2v) is 7.41. The van der Waals surface area contributed by atoms with Gasteiger partial charge in [0, 0.05) is 12.3 Å². The Morgan fingerprint density at radius 1 is 1.16 bits per heavy atom. The van der Waals surface area contributed by atoms with Crippen LogP contribution in [0.15, 0.2) is 48.7 Å². The van der Waals surface area contributed by atoms with Crippen molar-refractivity contribution < 1.29 is 28.7 Å². The number of ether oxygens (including phenoxy) is 3. The van der Waals surface area contributed by atoms with E-state index >= 15 is 0 Å². The molecule has 0 bridgehead atoms. The number of hydrogen-bond donors (Lipinski definition) is 1. The number of hydrogen-bond acceptors (Lipinski definition) is 8. The molecule has 1 aromatic heterocycles. The van der Waals surface area contributed by atoms with Crippen molar-refractivity contribution in [2.45, 2.75) is 45.4 Å². The standard InChI is InChI=1S/C21H25N3O7/c1-5-29-19(25)17(30-18-15(24(27)28)12-9-13-22-18)16(14-10-7-6-8-11-14)23-20(26)31-21(2,3)4/h6-13,16-17H,5H2,1-4H3,(H,23,26). The lowest BCUT2D eigenvalue weighted by Gasteiger charge is -2.28. The van der Waals surface area contributed by atoms with Crippen LogP contribution in [-0.2, 0) is 14.3 Å². The highest BCUT2D eigenvalue weighted by Gasteiger charge is 2.37. The molecule has 1 N–H and O–H groups in total. The molecule has 0 spiro atoms. The molecule has 0 aliphatic heterocycles. The second-order valence-electron chi connectivity index (χ2n) is 7.41. The third kappa shape index (κ3) is 6.95. The third-order valence-corrected chi connectivity index (χ3v) is 3.84. The van der Waals surface area contributed by atoms with Gasteiger partial charge < -0.3 is 19.5 Å². The molecule has 0 saturated carbocycles. The third-order valence-electron chi connectivity index (χ3n) is 3.84. The van der Waals surface area contributed by atoms with Crippen LogP contribution in [0, 0.1) is 10.1 Å². The maximum Gasteiger partial charge on any atom is 0.408 e. The van der Waals surface area contributed by atoms with Crippen molar-refractivity contribution in [1.82, 2.24) is 10.3 Å². The molecule has 0 fully saturated rings. The molecular formula is C21H25N3O7. The number of esters is 1. The minimum atomic E-state index is -1.47. The quantitative estimate of drug-likeness (QED) is 0.381. The molecule has 0 saturated heterocycles. The number of carbonyl (C=O) groups excluding carboxylic acids is 2. The predicted octanol–water partition coefficient (Wildman–Crippen LogP) is 3.57. The van der Waals surface area contributed by atoms with Crippen molar-refractivity contribution in [1.29, 1.82) is 0 Å². The zero-order valence-electron chi connectivity index (χ0n) is 17.7. The van der Waals surface area contributed by atoms with Crippen LogP contribution in [0.2, 0.25) is 0 Å². The number of nitrogens with zero attached hydrogens (tertiary/aromatic N) is 2. The van der Waals surface area contributed by atoms with E-state index < -0.39 is 40.4 Å². The van der Waals surface area contributed by atoms with Gasteiger partial charge in [-0.05, 0) is 39.3 Å². The van der Waals surface area contributed by atoms with Crippen molar-refractivity contribution in [3.63, 3.8) is 0 Å². The fourth-order valence-corrected chi connectivity index (χ4v) is 2.64. The molecule has 2 atom stereocenters. The number of aromatic nitrogens is 1. The molecule has 1 amide bonds. The van der Waals surface area contributed by atoms with Crippen LogP contribution in [-0.4, -0.2) is 40.3 Å². The van der Waals surface area contributed by atoms with E-state index in [4.69, 9.17) is 14.2 Å². The van der Waals surface area contributed by atoms with Gasteiger partial charge in [0.25, 0.3) is 5.88 Å². The smallest absolute Gasteiger partial charge is 0.408 e. The Bertz CT molecular complexity index is 913. The molecule has 0 aliphatic carbocycles. The monoisotopic (exact) mass is 431 g/mol. The summed E-state index contributed by atoms with van der Waals surface area (Å²) in [7, 11) is 0. The van der Waals surface area contributed by atoms with Gasteiger partial charge >= 0.3 is 17.7 Å². The molecule has 2 rings (SSSR count). The number of amides is 1. The number of pyridine rings is 1. The van der Waals surface area contributed by atoms with Gasteiger partial charge in [-0.25, -0.2) is 14.6 Å². The number of carbonyl (C=O) groups is 2. The van der Waals surface area contributed by atoms with Gasteiger partial charge in [-0.1, -0.05) is 30.3 Å². The summed E-state index contributed by atoms with van der Waals surface area (Å²) in [5, 5.41) is 14.0. The highest BCUT2D eigenvalue weighted by atomic mass is 16.6. The van der Waals surface area contributed by atoms with Crippen molar-refractivity contribution in [3.8, 4) is 5.88 Å². The van der Waals surface area contributed by atoms with E-state index in [1.54, 1.807) is 58.0 Å². The lowest BCUT2D eigenvalue weighted by Crippen LogP contribution is -2.46. The maximum atomic E-state index is 12.8. The zero-order valence-corrected chi connectivity index (χ0v) is 17.7. The molecule has 2 unspecified atom stereocenters. The summed E-state index contributed by atoms with van der Waals surface area (Å²) in [4.78, 5) is 39.8. The average molecular weight is 431 g/mol. The predicted molar refractivity (Wildman–Crippen MR) is 110 cm³/mol. The molecular weight excluding hydrogens is 406 g/mol. The SMILES string of the molecule is CCOC(=O)C(Oc1ncccc1[N+](=O)[O-])C(NC(=O)OC(C)(C)C)c1ccccc1. The summed E-state index contributed by atoms with van der Waals surface area (Å²) in [5.41, 5.74) is -0.711. The number of rotatable bonds is 8. The highest BCUT2D eigenvalue weighted by molar-refractivity contribution is 5.78. The van der Waals surface area contributed by atoms with Crippen LogP contribution in [0.1, 0.15) is 39.3 Å². The first kappa shape index (κ1) is 23.6. The molecule has 1 aromatic carbocycles. The van der Waals surface area contributed by atoms with Gasteiger partial charge in [0.2, 0.25) is 6.10 Å². The van der Waals surface area contributed by atoms with E-state index in [2.05, 4.69) is 10.3 Å². The lowest BCUT2D eigenvalue weighted by molar-refractivity contribution is -0.386. The largest absolute Gasteiger partial charge is 0.463 e. The Morgan fingerprint density at radius 3 is 2.42 bits per heavy atom. The van der Waals surface area contributed by atoms with E-state index in [-0.39, 0.29) is 12.5 Å². The molecule has 10 heteroatoms. The van der Waals surface area contributed by atoms with Gasteiger partial charge in [0.15, 0.2) is 0 Å². The summed E-state index contributed by atoms with van der Waals surface area (Å²) >= 11 is 0. The van der Waals surface area contributed by atoms with E-state index in [1.165, 1.54) is 18.3 Å². The maximum absolute atomic E-state index is 12.8. The summed E-state index contributed by atoms with van der Waals surface area (Å²) in [6.07, 6.45) is -0.971. The Hall–Kier alpha value is -3.69. The van der Waals surface area contributed by atoms with Crippen LogP contribution >= 0.6 is 0 Å². The first-order chi connectivity index (χ1) is 14.6. The van der Waals surface area contributed by atoms with Gasteiger partial charge in [-0.15, -0.1) is 0 Å². The molecule has 31 heavy (non-hydrogen) atoms. The van der Waals surface area contributed by atoms with Crippen molar-refractivity contribution in [3.05, 3.63) is 64.3 Å². The molecule has 0 radical (unpaired) electrons. The van der Waals surface area contributed by atoms with Gasteiger partial charge in [-0.2, -0.15) is 0 Å². The fraction of sp³-hybridized carbons (Fsp3) is 0.381. The Kier molecular flexibility index (Phi) is 7.89. The van der Waals surface area contributed by atoms with Crippen molar-refractivity contribution >= 4 is 17.7 Å². The van der Waals surface area contributed by atoms with Gasteiger partial charge in [-0.3, -0.25) is 10.1 Å². The molecule has 10 nitrogen and oxygen atoms in total. The fourth-order valence-electron chi connectivity index (χ4n) is 2.64. The van der Waals surface area contributed by atoms with Crippen LogP contribution in [0.3, 0.4) is 0 Å². The molecule has 1 heterocycles. The summed E-state index contributed by atoms with van der Waals surface area (Å²) in [6, 6.07) is 10.0. The number of alkyl carbamates (subject to hydrolysis) is 1. The van der Waals surface area contributed by atoms with Crippen LogP contribution < -0.4 is 10.1 Å². The number of nitrogens with one attached hydrogen (secondary N) is 1. The Labute approximate surface area is 179 Å². The van der Waals surface area contributed by atoms with E-state index in [9.17, 15) is 19.7 Å². The summed E-state index contributed by atoms with van der Waals surface area (Å²) < 4.78 is 16.1. The average Bonchev–Trinajstić information content (AvgIpc) is 2.70. The molecule has 0 aliphatic rings. The first-order valence-electron chi connectivity index (χ1n) is 9.59. The second kappa shape index (κ2) is 10.4. The van der Waals surface area contributed by atoms with E-state index in [0.29, 0.717) is 5.56 Å². The van der Waals surface area contributed by atoms with E-state index in [0.717, 1.165) is 0 Å².